The first-order valence-corrected chi connectivity index (χ1v) is 13.1. The zero-order chi connectivity index (χ0) is 20.6. The predicted octanol–water partition coefficient (Wildman–Crippen LogP) is 7.65. The van der Waals surface area contributed by atoms with Gasteiger partial charge >= 0.3 is 0 Å². The molecular formula is C28H46O. The minimum atomic E-state index is 0.277. The maximum Gasteiger partial charge on any atom is 0.101 e. The Balaban J connectivity index is 1.39. The minimum absolute atomic E-state index is 0.277. The molecule has 164 valence electrons. The normalized spacial score (nSPS) is 53.1. The van der Waals surface area contributed by atoms with Gasteiger partial charge in [0.15, 0.2) is 0 Å². The maximum atomic E-state index is 6.85. The summed E-state index contributed by atoms with van der Waals surface area (Å²) >= 11 is 0. The quantitative estimate of drug-likeness (QED) is 0.350. The third kappa shape index (κ3) is 2.81. The predicted molar refractivity (Wildman–Crippen MR) is 122 cm³/mol. The maximum absolute atomic E-state index is 6.85. The molecule has 0 aromatic carbocycles. The SMILES string of the molecule is CC(C)[C@@H](C)/C=C/[C@@H](C)C1CCC2C1(C)CCC1C3(C)CCCC[C@@H]3C[C@H]3O[C@@]213. The van der Waals surface area contributed by atoms with Gasteiger partial charge in [0, 0.05) is 0 Å². The Labute approximate surface area is 180 Å². The summed E-state index contributed by atoms with van der Waals surface area (Å²) in [5.41, 5.74) is 1.34. The first-order chi connectivity index (χ1) is 13.7. The van der Waals surface area contributed by atoms with E-state index in [-0.39, 0.29) is 5.60 Å². The summed E-state index contributed by atoms with van der Waals surface area (Å²) in [5, 5.41) is 0. The second kappa shape index (κ2) is 6.85. The van der Waals surface area contributed by atoms with Crippen molar-refractivity contribution < 1.29 is 4.74 Å². The fourth-order valence-corrected chi connectivity index (χ4v) is 9.30. The molecule has 5 rings (SSSR count). The number of ether oxygens (including phenoxy) is 1. The number of hydrogen-bond acceptors (Lipinski definition) is 1. The van der Waals surface area contributed by atoms with E-state index in [9.17, 15) is 0 Å². The van der Waals surface area contributed by atoms with Crippen LogP contribution in [-0.2, 0) is 4.74 Å². The Hall–Kier alpha value is -0.300. The largest absolute Gasteiger partial charge is 0.365 e. The molecule has 0 N–H and O–H groups in total. The topological polar surface area (TPSA) is 12.5 Å². The Morgan fingerprint density at radius 2 is 1.59 bits per heavy atom. The van der Waals surface area contributed by atoms with Crippen molar-refractivity contribution >= 4 is 0 Å². The molecule has 1 spiro atoms. The molecule has 10 atom stereocenters. The van der Waals surface area contributed by atoms with E-state index in [4.69, 9.17) is 4.74 Å². The average Bonchev–Trinajstić information content (AvgIpc) is 3.26. The molecule has 4 saturated carbocycles. The molecule has 29 heavy (non-hydrogen) atoms. The summed E-state index contributed by atoms with van der Waals surface area (Å²) in [6.07, 6.45) is 18.7. The standard InChI is InChI=1S/C28H46O/c1-18(2)19(3)10-11-20(4)22-12-13-23-27(22,6)16-14-24-26(5)15-8-7-9-21(26)17-25-28(23,24)29-25/h10-11,18-25H,7-9,12-17H2,1-6H3/b11-10+/t19-,20+,21+,22?,23?,24?,25+,26?,27?,28-/m0/s1. The van der Waals surface area contributed by atoms with E-state index in [0.29, 0.717) is 28.8 Å². The third-order valence-corrected chi connectivity index (χ3v) is 11.4. The molecule has 1 nitrogen and oxygen atoms in total. The molecule has 0 bridgehead atoms. The van der Waals surface area contributed by atoms with Crippen molar-refractivity contribution in [1.29, 1.82) is 0 Å². The van der Waals surface area contributed by atoms with Gasteiger partial charge < -0.3 is 4.74 Å². The van der Waals surface area contributed by atoms with Crippen LogP contribution in [0.3, 0.4) is 0 Å². The summed E-state index contributed by atoms with van der Waals surface area (Å²) in [4.78, 5) is 0. The highest BCUT2D eigenvalue weighted by Gasteiger charge is 2.78. The summed E-state index contributed by atoms with van der Waals surface area (Å²) in [6, 6.07) is 0. The molecule has 5 unspecified atom stereocenters. The van der Waals surface area contributed by atoms with Crippen LogP contribution < -0.4 is 0 Å². The molecule has 0 aromatic rings. The van der Waals surface area contributed by atoms with Crippen molar-refractivity contribution in [2.45, 2.75) is 111 Å². The molecule has 1 saturated heterocycles. The fourth-order valence-electron chi connectivity index (χ4n) is 9.30. The van der Waals surface area contributed by atoms with Crippen LogP contribution in [0, 0.1) is 52.3 Å². The summed E-state index contributed by atoms with van der Waals surface area (Å²) in [5.74, 6) is 5.60. The Morgan fingerprint density at radius 3 is 2.34 bits per heavy atom. The van der Waals surface area contributed by atoms with Gasteiger partial charge in [0.2, 0.25) is 0 Å². The molecule has 0 aromatic heterocycles. The fraction of sp³-hybridized carbons (Fsp3) is 0.929. The highest BCUT2D eigenvalue weighted by molar-refractivity contribution is 5.26. The second-order valence-electron chi connectivity index (χ2n) is 12.8. The van der Waals surface area contributed by atoms with E-state index in [1.165, 1.54) is 57.8 Å². The van der Waals surface area contributed by atoms with E-state index in [1.807, 2.05) is 0 Å². The lowest BCUT2D eigenvalue weighted by Crippen LogP contribution is -2.58. The summed E-state index contributed by atoms with van der Waals surface area (Å²) in [6.45, 7) is 14.9. The highest BCUT2D eigenvalue weighted by Crippen LogP contribution is 2.76. The monoisotopic (exact) mass is 398 g/mol. The van der Waals surface area contributed by atoms with Crippen molar-refractivity contribution in [3.05, 3.63) is 12.2 Å². The van der Waals surface area contributed by atoms with Gasteiger partial charge in [0.05, 0.1) is 6.10 Å². The molecule has 1 heteroatoms. The van der Waals surface area contributed by atoms with Crippen molar-refractivity contribution in [3.8, 4) is 0 Å². The first-order valence-electron chi connectivity index (χ1n) is 13.1. The molecule has 1 heterocycles. The first kappa shape index (κ1) is 20.6. The Morgan fingerprint density at radius 1 is 0.828 bits per heavy atom. The van der Waals surface area contributed by atoms with Gasteiger partial charge in [-0.15, -0.1) is 0 Å². The Bertz CT molecular complexity index is 665. The van der Waals surface area contributed by atoms with Crippen LogP contribution in [0.15, 0.2) is 12.2 Å². The number of allylic oxidation sites excluding steroid dienone is 2. The molecule has 0 amide bonds. The lowest BCUT2D eigenvalue weighted by Gasteiger charge is -2.59. The zero-order valence-electron chi connectivity index (χ0n) is 20.0. The van der Waals surface area contributed by atoms with Crippen LogP contribution in [0.25, 0.3) is 0 Å². The van der Waals surface area contributed by atoms with Gasteiger partial charge in [-0.2, -0.15) is 0 Å². The van der Waals surface area contributed by atoms with E-state index in [2.05, 4.69) is 53.7 Å². The van der Waals surface area contributed by atoms with Crippen LogP contribution >= 0.6 is 0 Å². The number of hydrogen-bond donors (Lipinski definition) is 0. The van der Waals surface area contributed by atoms with Crippen molar-refractivity contribution in [3.63, 3.8) is 0 Å². The average molecular weight is 399 g/mol. The molecule has 4 aliphatic carbocycles. The van der Waals surface area contributed by atoms with E-state index in [0.717, 1.165) is 29.6 Å². The van der Waals surface area contributed by atoms with Crippen LogP contribution in [0.5, 0.6) is 0 Å². The summed E-state index contributed by atoms with van der Waals surface area (Å²) < 4.78 is 6.85. The van der Waals surface area contributed by atoms with Crippen LogP contribution in [0.1, 0.15) is 99.3 Å². The lowest BCUT2D eigenvalue weighted by atomic mass is 9.44. The molecule has 5 aliphatic rings. The van der Waals surface area contributed by atoms with Crippen LogP contribution in [-0.4, -0.2) is 11.7 Å². The van der Waals surface area contributed by atoms with Gasteiger partial charge in [-0.1, -0.05) is 66.5 Å². The van der Waals surface area contributed by atoms with E-state index in [1.54, 1.807) is 0 Å². The summed E-state index contributed by atoms with van der Waals surface area (Å²) in [7, 11) is 0. The highest BCUT2D eigenvalue weighted by atomic mass is 16.6. The molecular weight excluding hydrogens is 352 g/mol. The van der Waals surface area contributed by atoms with Crippen LogP contribution in [0.4, 0.5) is 0 Å². The smallest absolute Gasteiger partial charge is 0.101 e. The lowest BCUT2D eigenvalue weighted by molar-refractivity contribution is -0.102. The number of epoxide rings is 1. The van der Waals surface area contributed by atoms with Gasteiger partial charge in [-0.25, -0.2) is 0 Å². The zero-order valence-corrected chi connectivity index (χ0v) is 20.0. The minimum Gasteiger partial charge on any atom is -0.365 e. The van der Waals surface area contributed by atoms with Gasteiger partial charge in [0.1, 0.15) is 5.60 Å². The van der Waals surface area contributed by atoms with Gasteiger partial charge in [0.25, 0.3) is 0 Å². The van der Waals surface area contributed by atoms with Crippen LogP contribution in [0.2, 0.25) is 0 Å². The van der Waals surface area contributed by atoms with Crippen molar-refractivity contribution in [2.24, 2.45) is 52.3 Å². The third-order valence-electron chi connectivity index (χ3n) is 11.4. The van der Waals surface area contributed by atoms with Gasteiger partial charge in [-0.3, -0.25) is 0 Å². The van der Waals surface area contributed by atoms with E-state index >= 15 is 0 Å². The van der Waals surface area contributed by atoms with Crippen molar-refractivity contribution in [2.75, 3.05) is 0 Å². The molecule has 0 radical (unpaired) electrons. The number of fused-ring (bicyclic) bond motifs is 3. The van der Waals surface area contributed by atoms with Gasteiger partial charge in [-0.05, 0) is 97.2 Å². The second-order valence-corrected chi connectivity index (χ2v) is 12.8. The molecule has 1 aliphatic heterocycles. The molecule has 5 fully saturated rings. The Kier molecular flexibility index (Phi) is 4.86. The number of rotatable bonds is 4. The van der Waals surface area contributed by atoms with Crippen molar-refractivity contribution in [1.82, 2.24) is 0 Å². The van der Waals surface area contributed by atoms with E-state index < -0.39 is 0 Å².